The van der Waals surface area contributed by atoms with Crippen LogP contribution in [0.4, 0.5) is 5.69 Å². The summed E-state index contributed by atoms with van der Waals surface area (Å²) in [5, 5.41) is 6.80. The average Bonchev–Trinajstić information content (AvgIpc) is 3.08. The number of rotatable bonds is 3. The molecule has 0 saturated carbocycles. The van der Waals surface area contributed by atoms with Crippen LogP contribution < -0.4 is 5.32 Å². The number of pyridine rings is 1. The third kappa shape index (κ3) is 2.94. The van der Waals surface area contributed by atoms with E-state index in [1.165, 1.54) is 6.26 Å². The van der Waals surface area contributed by atoms with E-state index in [2.05, 4.69) is 15.5 Å². The van der Waals surface area contributed by atoms with Crippen molar-refractivity contribution in [2.24, 2.45) is 0 Å². The van der Waals surface area contributed by atoms with Gasteiger partial charge in [-0.25, -0.2) is 0 Å². The molecule has 1 N–H and O–H groups in total. The number of aromatic nitrogens is 2. The Bertz CT molecular complexity index is 657. The first-order valence-electron chi connectivity index (χ1n) is 7.15. The molecule has 2 aromatic heterocycles. The maximum atomic E-state index is 12.3. The fourth-order valence-electron chi connectivity index (χ4n) is 2.50. The Balaban J connectivity index is 1.78. The molecule has 1 saturated heterocycles. The smallest absolute Gasteiger partial charge is 0.276 e. The number of hydrogen-bond acceptors (Lipinski definition) is 6. The van der Waals surface area contributed by atoms with Gasteiger partial charge in [0.15, 0.2) is 5.69 Å². The van der Waals surface area contributed by atoms with Gasteiger partial charge in [-0.15, -0.1) is 0 Å². The van der Waals surface area contributed by atoms with Crippen molar-refractivity contribution in [3.8, 4) is 0 Å². The summed E-state index contributed by atoms with van der Waals surface area (Å²) in [6.45, 7) is 3.39. The summed E-state index contributed by atoms with van der Waals surface area (Å²) >= 11 is 0. The second kappa shape index (κ2) is 6.15. The van der Waals surface area contributed by atoms with Gasteiger partial charge in [-0.2, -0.15) is 0 Å². The number of nitrogens with one attached hydrogen (secondary N) is 1. The fraction of sp³-hybridized carbons (Fsp3) is 0.400. The van der Waals surface area contributed by atoms with E-state index >= 15 is 0 Å². The third-order valence-electron chi connectivity index (χ3n) is 3.60. The topological polar surface area (TPSA) is 80.5 Å². The maximum absolute atomic E-state index is 12.3. The molecule has 0 bridgehead atoms. The van der Waals surface area contributed by atoms with Crippen molar-refractivity contribution < 1.29 is 14.1 Å². The number of carbonyl (C=O) groups excluding carboxylic acids is 1. The number of carbonyl (C=O) groups is 1. The molecule has 0 spiro atoms. The molecule has 1 aliphatic rings. The van der Waals surface area contributed by atoms with Crippen LogP contribution in [0.25, 0.3) is 0 Å². The quantitative estimate of drug-likeness (QED) is 0.928. The van der Waals surface area contributed by atoms with Gasteiger partial charge in [-0.05, 0) is 19.1 Å². The summed E-state index contributed by atoms with van der Waals surface area (Å²) in [5.74, 6) is -0.149. The van der Waals surface area contributed by atoms with Crippen LogP contribution in [0.2, 0.25) is 0 Å². The predicted molar refractivity (Wildman–Crippen MR) is 79.6 cm³/mol. The summed E-state index contributed by atoms with van der Waals surface area (Å²) in [5.41, 5.74) is 3.02. The van der Waals surface area contributed by atoms with Crippen molar-refractivity contribution in [3.63, 3.8) is 0 Å². The van der Waals surface area contributed by atoms with Crippen molar-refractivity contribution in [2.75, 3.05) is 32.1 Å². The molecule has 3 rings (SSSR count). The highest BCUT2D eigenvalue weighted by atomic mass is 16.5. The van der Waals surface area contributed by atoms with Gasteiger partial charge in [0, 0.05) is 31.0 Å². The molecule has 1 fully saturated rings. The lowest BCUT2D eigenvalue weighted by Gasteiger charge is -2.32. The van der Waals surface area contributed by atoms with Gasteiger partial charge in [0.1, 0.15) is 12.4 Å². The zero-order valence-electron chi connectivity index (χ0n) is 12.6. The van der Waals surface area contributed by atoms with Crippen molar-refractivity contribution in [2.45, 2.75) is 13.0 Å². The minimum atomic E-state index is -0.239. The minimum absolute atomic E-state index is 0.149. The highest BCUT2D eigenvalue weighted by Gasteiger charge is 2.28. The molecule has 0 radical (unpaired) electrons. The lowest BCUT2D eigenvalue weighted by atomic mass is 10.1. The van der Waals surface area contributed by atoms with E-state index in [-0.39, 0.29) is 12.0 Å². The van der Waals surface area contributed by atoms with E-state index in [9.17, 15) is 4.79 Å². The van der Waals surface area contributed by atoms with Crippen LogP contribution in [0.3, 0.4) is 0 Å². The maximum Gasteiger partial charge on any atom is 0.276 e. The molecule has 3 heterocycles. The molecular formula is C15H18N4O3. The molecule has 22 heavy (non-hydrogen) atoms. The largest absolute Gasteiger partial charge is 0.388 e. The fourth-order valence-corrected chi connectivity index (χ4v) is 2.50. The number of morpholine rings is 1. The number of amides is 1. The third-order valence-corrected chi connectivity index (χ3v) is 3.60. The Kier molecular flexibility index (Phi) is 4.06. The zero-order chi connectivity index (χ0) is 15.5. The van der Waals surface area contributed by atoms with E-state index in [1.807, 2.05) is 26.1 Å². The summed E-state index contributed by atoms with van der Waals surface area (Å²) in [6, 6.07) is 5.48. The van der Waals surface area contributed by atoms with E-state index in [0.717, 1.165) is 17.1 Å². The molecule has 1 unspecified atom stereocenters. The Hall–Kier alpha value is -2.41. The molecule has 1 amide bonds. The van der Waals surface area contributed by atoms with Gasteiger partial charge in [0.25, 0.3) is 5.91 Å². The van der Waals surface area contributed by atoms with Crippen LogP contribution >= 0.6 is 0 Å². The van der Waals surface area contributed by atoms with Crippen LogP contribution in [0.15, 0.2) is 29.0 Å². The minimum Gasteiger partial charge on any atom is -0.388 e. The van der Waals surface area contributed by atoms with Crippen molar-refractivity contribution in [1.82, 2.24) is 15.0 Å². The van der Waals surface area contributed by atoms with Crippen molar-refractivity contribution >= 4 is 11.6 Å². The molecular weight excluding hydrogens is 284 g/mol. The predicted octanol–water partition coefficient (Wildman–Crippen LogP) is 1.63. The Morgan fingerprint density at radius 2 is 2.32 bits per heavy atom. The van der Waals surface area contributed by atoms with E-state index in [0.29, 0.717) is 25.4 Å². The van der Waals surface area contributed by atoms with Crippen LogP contribution in [-0.2, 0) is 4.74 Å². The molecule has 7 nitrogen and oxygen atoms in total. The normalized spacial score (nSPS) is 18.3. The molecule has 1 atom stereocenters. The average molecular weight is 302 g/mol. The van der Waals surface area contributed by atoms with E-state index in [1.54, 1.807) is 11.0 Å². The lowest BCUT2D eigenvalue weighted by molar-refractivity contribution is -0.0250. The zero-order valence-corrected chi connectivity index (χ0v) is 12.6. The first kappa shape index (κ1) is 14.5. The highest BCUT2D eigenvalue weighted by molar-refractivity contribution is 5.92. The highest BCUT2D eigenvalue weighted by Crippen LogP contribution is 2.24. The summed E-state index contributed by atoms with van der Waals surface area (Å²) in [7, 11) is 1.86. The number of hydrogen-bond donors (Lipinski definition) is 1. The molecule has 7 heteroatoms. The number of aryl methyl sites for hydroxylation is 1. The van der Waals surface area contributed by atoms with Gasteiger partial charge in [-0.1, -0.05) is 5.16 Å². The lowest BCUT2D eigenvalue weighted by Crippen LogP contribution is -2.42. The summed E-state index contributed by atoms with van der Waals surface area (Å²) in [6.07, 6.45) is 1.16. The van der Waals surface area contributed by atoms with Gasteiger partial charge in [0.2, 0.25) is 0 Å². The van der Waals surface area contributed by atoms with Crippen molar-refractivity contribution in [3.05, 3.63) is 41.5 Å². The second-order valence-electron chi connectivity index (χ2n) is 5.17. The molecule has 0 aliphatic carbocycles. The van der Waals surface area contributed by atoms with Gasteiger partial charge >= 0.3 is 0 Å². The van der Waals surface area contributed by atoms with Crippen molar-refractivity contribution in [1.29, 1.82) is 0 Å². The molecule has 2 aromatic rings. The van der Waals surface area contributed by atoms with Gasteiger partial charge in [-0.3, -0.25) is 9.78 Å². The molecule has 0 aromatic carbocycles. The van der Waals surface area contributed by atoms with E-state index in [4.69, 9.17) is 9.26 Å². The summed E-state index contributed by atoms with van der Waals surface area (Å²) < 4.78 is 10.5. The Morgan fingerprint density at radius 1 is 1.45 bits per heavy atom. The van der Waals surface area contributed by atoms with E-state index < -0.39 is 0 Å². The molecule has 116 valence electrons. The Labute approximate surface area is 128 Å². The van der Waals surface area contributed by atoms with Crippen LogP contribution in [0.5, 0.6) is 0 Å². The number of ether oxygens (including phenoxy) is 1. The molecule has 1 aliphatic heterocycles. The number of anilines is 1. The van der Waals surface area contributed by atoms with Crippen LogP contribution in [-0.4, -0.2) is 47.7 Å². The first-order valence-corrected chi connectivity index (χ1v) is 7.15. The van der Waals surface area contributed by atoms with Gasteiger partial charge < -0.3 is 19.5 Å². The Morgan fingerprint density at radius 3 is 3.05 bits per heavy atom. The monoisotopic (exact) mass is 302 g/mol. The standard InChI is InChI=1S/C15H18N4O3/c1-10-7-11(16-2)8-13(17-10)14-9-19(4-6-21-14)15(20)12-3-5-22-18-12/h3,5,7-8,14H,4,6,9H2,1-2H3,(H,16,17). The summed E-state index contributed by atoms with van der Waals surface area (Å²) in [4.78, 5) is 18.6. The first-order chi connectivity index (χ1) is 10.7. The van der Waals surface area contributed by atoms with Crippen LogP contribution in [0.1, 0.15) is 28.0 Å². The number of nitrogens with zero attached hydrogens (tertiary/aromatic N) is 3. The second-order valence-corrected chi connectivity index (χ2v) is 5.17. The van der Waals surface area contributed by atoms with Crippen LogP contribution in [0, 0.1) is 6.92 Å². The van der Waals surface area contributed by atoms with Gasteiger partial charge in [0.05, 0.1) is 18.8 Å². The SMILES string of the molecule is CNc1cc(C)nc(C2CN(C(=O)c3ccon3)CCO2)c1.